The Kier molecular flexibility index (Phi) is 4.76. The summed E-state index contributed by atoms with van der Waals surface area (Å²) in [5, 5.41) is 11.8. The quantitative estimate of drug-likeness (QED) is 0.752. The molecule has 102 valence electrons. The summed E-state index contributed by atoms with van der Waals surface area (Å²) in [6.07, 6.45) is 3.47. The number of carbonyl (C=O) groups excluding carboxylic acids is 1. The molecule has 0 aromatic carbocycles. The minimum Gasteiger partial charge on any atom is -0.481 e. The van der Waals surface area contributed by atoms with Crippen LogP contribution < -0.4 is 5.32 Å². The van der Waals surface area contributed by atoms with Gasteiger partial charge in [-0.15, -0.1) is 0 Å². The largest absolute Gasteiger partial charge is 0.481 e. The first kappa shape index (κ1) is 14.5. The molecule has 0 spiro atoms. The van der Waals surface area contributed by atoms with E-state index in [2.05, 4.69) is 11.4 Å². The lowest BCUT2D eigenvalue weighted by Gasteiger charge is -2.29. The molecule has 0 aromatic rings. The van der Waals surface area contributed by atoms with Crippen LogP contribution in [0.3, 0.4) is 0 Å². The van der Waals surface area contributed by atoms with Gasteiger partial charge in [0, 0.05) is 19.6 Å². The van der Waals surface area contributed by atoms with Crippen molar-refractivity contribution < 1.29 is 14.7 Å². The second-order valence-corrected chi connectivity index (χ2v) is 5.14. The van der Waals surface area contributed by atoms with Gasteiger partial charge >= 0.3 is 12.0 Å². The molecule has 18 heavy (non-hydrogen) atoms. The minimum atomic E-state index is -0.893. The van der Waals surface area contributed by atoms with Crippen molar-refractivity contribution in [3.63, 3.8) is 0 Å². The predicted octanol–water partition coefficient (Wildman–Crippen LogP) is 1.85. The first-order valence-electron chi connectivity index (χ1n) is 6.31. The number of nitrogens with one attached hydrogen (secondary N) is 1. The molecule has 1 rings (SSSR count). The van der Waals surface area contributed by atoms with Crippen molar-refractivity contribution in [3.05, 3.63) is 11.6 Å². The molecule has 2 N–H and O–H groups in total. The van der Waals surface area contributed by atoms with Crippen LogP contribution >= 0.6 is 0 Å². The Balaban J connectivity index is 2.51. The van der Waals surface area contributed by atoms with Crippen molar-refractivity contribution in [1.82, 2.24) is 10.2 Å². The van der Waals surface area contributed by atoms with Gasteiger partial charge in [0.05, 0.1) is 5.41 Å². The zero-order valence-electron chi connectivity index (χ0n) is 11.3. The molecular formula is C13H22N2O3. The number of carbonyl (C=O) groups is 2. The van der Waals surface area contributed by atoms with E-state index in [-0.39, 0.29) is 12.6 Å². The predicted molar refractivity (Wildman–Crippen MR) is 69.4 cm³/mol. The lowest BCUT2D eigenvalue weighted by atomic mass is 9.88. The van der Waals surface area contributed by atoms with Crippen LogP contribution in [0.1, 0.15) is 33.6 Å². The smallest absolute Gasteiger partial charge is 0.317 e. The molecule has 1 aliphatic rings. The number of carboxylic acids is 1. The highest BCUT2D eigenvalue weighted by molar-refractivity contribution is 5.78. The third-order valence-electron chi connectivity index (χ3n) is 3.55. The number of hydrogen-bond donors (Lipinski definition) is 2. The maximum Gasteiger partial charge on any atom is 0.317 e. The zero-order valence-corrected chi connectivity index (χ0v) is 11.3. The van der Waals surface area contributed by atoms with Crippen LogP contribution in [0.4, 0.5) is 4.79 Å². The molecule has 5 nitrogen and oxygen atoms in total. The van der Waals surface area contributed by atoms with Crippen LogP contribution in [0.5, 0.6) is 0 Å². The molecule has 1 atom stereocenters. The van der Waals surface area contributed by atoms with E-state index < -0.39 is 11.4 Å². The maximum atomic E-state index is 11.9. The number of rotatable bonds is 4. The van der Waals surface area contributed by atoms with Gasteiger partial charge in [-0.25, -0.2) is 4.79 Å². The van der Waals surface area contributed by atoms with Crippen molar-refractivity contribution in [2.75, 3.05) is 19.6 Å². The van der Waals surface area contributed by atoms with Crippen LogP contribution in [0, 0.1) is 5.41 Å². The van der Waals surface area contributed by atoms with Crippen LogP contribution in [0.15, 0.2) is 11.6 Å². The molecule has 0 saturated carbocycles. The Morgan fingerprint density at radius 3 is 2.72 bits per heavy atom. The fourth-order valence-corrected chi connectivity index (χ4v) is 1.82. The van der Waals surface area contributed by atoms with Crippen LogP contribution in [-0.2, 0) is 4.79 Å². The van der Waals surface area contributed by atoms with Gasteiger partial charge < -0.3 is 15.3 Å². The molecule has 0 radical (unpaired) electrons. The molecular weight excluding hydrogens is 232 g/mol. The molecule has 0 aliphatic carbocycles. The third kappa shape index (κ3) is 3.48. The maximum absolute atomic E-state index is 11.9. The summed E-state index contributed by atoms with van der Waals surface area (Å²) in [5.41, 5.74) is 0.281. The molecule has 0 fully saturated rings. The minimum absolute atomic E-state index is 0.164. The Morgan fingerprint density at radius 1 is 1.56 bits per heavy atom. The third-order valence-corrected chi connectivity index (χ3v) is 3.55. The summed E-state index contributed by atoms with van der Waals surface area (Å²) in [6, 6.07) is -0.177. The number of nitrogens with zero attached hydrogens (tertiary/aromatic N) is 1. The highest BCUT2D eigenvalue weighted by Gasteiger charge is 2.32. The number of amides is 2. The Hall–Kier alpha value is -1.52. The van der Waals surface area contributed by atoms with E-state index in [1.807, 2.05) is 13.8 Å². The number of urea groups is 1. The second-order valence-electron chi connectivity index (χ2n) is 5.14. The summed E-state index contributed by atoms with van der Waals surface area (Å²) in [6.45, 7) is 6.94. The molecule has 1 aliphatic heterocycles. The first-order chi connectivity index (χ1) is 8.39. The van der Waals surface area contributed by atoms with Crippen LogP contribution in [-0.4, -0.2) is 41.6 Å². The van der Waals surface area contributed by atoms with E-state index in [9.17, 15) is 9.59 Å². The average molecular weight is 254 g/mol. The Bertz CT molecular complexity index is 365. The summed E-state index contributed by atoms with van der Waals surface area (Å²) < 4.78 is 0. The second kappa shape index (κ2) is 5.89. The van der Waals surface area contributed by atoms with Gasteiger partial charge in [0.2, 0.25) is 0 Å². The zero-order chi connectivity index (χ0) is 13.8. The normalized spacial score (nSPS) is 18.8. The van der Waals surface area contributed by atoms with Gasteiger partial charge in [-0.05, 0) is 26.7 Å². The summed E-state index contributed by atoms with van der Waals surface area (Å²) in [7, 11) is 0. The van der Waals surface area contributed by atoms with Gasteiger partial charge in [-0.1, -0.05) is 18.6 Å². The molecule has 1 heterocycles. The van der Waals surface area contributed by atoms with Crippen molar-refractivity contribution >= 4 is 12.0 Å². The van der Waals surface area contributed by atoms with Crippen LogP contribution in [0.2, 0.25) is 0 Å². The number of carboxylic acid groups (broad SMARTS) is 1. The van der Waals surface area contributed by atoms with Crippen molar-refractivity contribution in [3.8, 4) is 0 Å². The SMILES string of the molecule is CCC(C)(CNC(=O)N1CCC=C(C)C1)C(=O)O. The van der Waals surface area contributed by atoms with E-state index in [1.165, 1.54) is 5.57 Å². The standard InChI is InChI=1S/C13H22N2O3/c1-4-13(3,11(16)17)9-14-12(18)15-7-5-6-10(2)8-15/h6H,4-5,7-9H2,1-3H3,(H,14,18)(H,16,17). The van der Waals surface area contributed by atoms with Gasteiger partial charge in [-0.3, -0.25) is 4.79 Å². The first-order valence-corrected chi connectivity index (χ1v) is 6.31. The summed E-state index contributed by atoms with van der Waals surface area (Å²) >= 11 is 0. The lowest BCUT2D eigenvalue weighted by Crippen LogP contribution is -2.47. The molecule has 2 amide bonds. The van der Waals surface area contributed by atoms with Gasteiger partial charge in [0.1, 0.15) is 0 Å². The van der Waals surface area contributed by atoms with E-state index in [1.54, 1.807) is 11.8 Å². The topological polar surface area (TPSA) is 69.6 Å². The van der Waals surface area contributed by atoms with Crippen molar-refractivity contribution in [1.29, 1.82) is 0 Å². The molecule has 0 bridgehead atoms. The molecule has 0 aromatic heterocycles. The monoisotopic (exact) mass is 254 g/mol. The Labute approximate surface area is 108 Å². The van der Waals surface area contributed by atoms with Crippen LogP contribution in [0.25, 0.3) is 0 Å². The highest BCUT2D eigenvalue weighted by atomic mass is 16.4. The molecule has 0 saturated heterocycles. The van der Waals surface area contributed by atoms with Crippen molar-refractivity contribution in [2.45, 2.75) is 33.6 Å². The molecule has 1 unspecified atom stereocenters. The van der Waals surface area contributed by atoms with E-state index in [0.29, 0.717) is 19.5 Å². The summed E-state index contributed by atoms with van der Waals surface area (Å²) in [5.74, 6) is -0.875. The van der Waals surface area contributed by atoms with E-state index in [4.69, 9.17) is 5.11 Å². The molecule has 5 heteroatoms. The lowest BCUT2D eigenvalue weighted by molar-refractivity contribution is -0.147. The fraction of sp³-hybridized carbons (Fsp3) is 0.692. The Morgan fingerprint density at radius 2 is 2.22 bits per heavy atom. The van der Waals surface area contributed by atoms with Crippen molar-refractivity contribution in [2.24, 2.45) is 5.41 Å². The van der Waals surface area contributed by atoms with E-state index >= 15 is 0 Å². The van der Waals surface area contributed by atoms with Gasteiger partial charge in [-0.2, -0.15) is 0 Å². The number of hydrogen-bond acceptors (Lipinski definition) is 2. The average Bonchev–Trinajstić information content (AvgIpc) is 2.35. The van der Waals surface area contributed by atoms with E-state index in [0.717, 1.165) is 6.42 Å². The van der Waals surface area contributed by atoms with Gasteiger partial charge in [0.15, 0.2) is 0 Å². The highest BCUT2D eigenvalue weighted by Crippen LogP contribution is 2.20. The fourth-order valence-electron chi connectivity index (χ4n) is 1.82. The summed E-state index contributed by atoms with van der Waals surface area (Å²) in [4.78, 5) is 24.8. The number of aliphatic carboxylic acids is 1. The van der Waals surface area contributed by atoms with Gasteiger partial charge in [0.25, 0.3) is 0 Å².